The summed E-state index contributed by atoms with van der Waals surface area (Å²) in [4.78, 5) is 27.0. The second-order valence-electron chi connectivity index (χ2n) is 8.91. The molecule has 0 fully saturated rings. The minimum Gasteiger partial charge on any atom is -0.497 e. The Morgan fingerprint density at radius 3 is 2.53 bits per heavy atom. The van der Waals surface area contributed by atoms with Crippen LogP contribution < -0.4 is 14.8 Å². The maximum Gasteiger partial charge on any atom is 0.263 e. The normalized spacial score (nSPS) is 16.4. The van der Waals surface area contributed by atoms with Gasteiger partial charge in [-0.3, -0.25) is 9.59 Å². The lowest BCUT2D eigenvalue weighted by molar-refractivity contribution is -0.138. The number of anilines is 1. The predicted octanol–water partition coefficient (Wildman–Crippen LogP) is 4.38. The highest BCUT2D eigenvalue weighted by Crippen LogP contribution is 2.30. The van der Waals surface area contributed by atoms with Crippen molar-refractivity contribution in [1.29, 1.82) is 0 Å². The van der Waals surface area contributed by atoms with Gasteiger partial charge in [0.05, 0.1) is 7.11 Å². The molecule has 3 rings (SSSR count). The molecule has 2 aromatic rings. The first-order valence-corrected chi connectivity index (χ1v) is 10.2. The molecular weight excluding hydrogens is 380 g/mol. The first-order chi connectivity index (χ1) is 14.1. The molecule has 0 saturated heterocycles. The van der Waals surface area contributed by atoms with E-state index in [4.69, 9.17) is 9.47 Å². The molecule has 1 aliphatic heterocycles. The average molecular weight is 411 g/mol. The van der Waals surface area contributed by atoms with Crippen molar-refractivity contribution in [3.05, 3.63) is 53.6 Å². The quantitative estimate of drug-likeness (QED) is 0.794. The third kappa shape index (κ3) is 5.53. The first kappa shape index (κ1) is 21.7. The minimum atomic E-state index is -0.578. The Kier molecular flexibility index (Phi) is 6.34. The molecule has 0 aliphatic carbocycles. The summed E-state index contributed by atoms with van der Waals surface area (Å²) in [6.45, 7) is 8.73. The number of amides is 2. The molecule has 30 heavy (non-hydrogen) atoms. The van der Waals surface area contributed by atoms with Crippen LogP contribution in [0.15, 0.2) is 42.5 Å². The molecule has 1 N–H and O–H groups in total. The summed E-state index contributed by atoms with van der Waals surface area (Å²) in [5, 5.41) is 2.96. The number of methoxy groups -OCH3 is 1. The highest BCUT2D eigenvalue weighted by atomic mass is 16.5. The van der Waals surface area contributed by atoms with Crippen molar-refractivity contribution >= 4 is 17.5 Å². The number of ether oxygens (including phenoxy) is 2. The van der Waals surface area contributed by atoms with Crippen molar-refractivity contribution in [2.24, 2.45) is 5.41 Å². The Bertz CT molecular complexity index is 916. The summed E-state index contributed by atoms with van der Waals surface area (Å²) in [6, 6.07) is 13.2. The summed E-state index contributed by atoms with van der Waals surface area (Å²) >= 11 is 0. The predicted molar refractivity (Wildman–Crippen MR) is 116 cm³/mol. The number of fused-ring (bicyclic) bond motifs is 1. The van der Waals surface area contributed by atoms with E-state index in [0.29, 0.717) is 30.9 Å². The van der Waals surface area contributed by atoms with Crippen LogP contribution in [-0.2, 0) is 22.7 Å². The molecule has 1 heterocycles. The highest BCUT2D eigenvalue weighted by molar-refractivity contribution is 5.91. The number of carbonyl (C=O) groups is 2. The molecule has 6 heteroatoms. The van der Waals surface area contributed by atoms with Crippen LogP contribution in [0.5, 0.6) is 11.5 Å². The maximum absolute atomic E-state index is 12.9. The van der Waals surface area contributed by atoms with Crippen LogP contribution in [0, 0.1) is 5.41 Å². The molecular formula is C24H30N2O4. The van der Waals surface area contributed by atoms with Crippen LogP contribution in [0.25, 0.3) is 0 Å². The van der Waals surface area contributed by atoms with E-state index in [1.807, 2.05) is 63.2 Å². The zero-order chi connectivity index (χ0) is 21.9. The Hall–Kier alpha value is -3.02. The number of benzene rings is 2. The third-order valence-corrected chi connectivity index (χ3v) is 4.89. The van der Waals surface area contributed by atoms with E-state index in [1.165, 1.54) is 0 Å². The van der Waals surface area contributed by atoms with Gasteiger partial charge in [-0.25, -0.2) is 0 Å². The van der Waals surface area contributed by atoms with Crippen LogP contribution in [0.4, 0.5) is 5.69 Å². The molecule has 0 radical (unpaired) electrons. The number of hydrogen-bond donors (Lipinski definition) is 1. The molecule has 0 aromatic heterocycles. The lowest BCUT2D eigenvalue weighted by Gasteiger charge is -2.22. The van der Waals surface area contributed by atoms with Crippen LogP contribution in [-0.4, -0.2) is 29.9 Å². The van der Waals surface area contributed by atoms with E-state index in [9.17, 15) is 9.59 Å². The standard InChI is InChI=1S/C24H30N2O4/c1-16-23(28)26(14-17-6-9-20(29-5)10-7-17)15-18-12-19(8-11-21(18)30-16)25-22(27)13-24(2,3)4/h6-12,16H,13-15H2,1-5H3,(H,25,27). The molecule has 6 nitrogen and oxygen atoms in total. The smallest absolute Gasteiger partial charge is 0.263 e. The third-order valence-electron chi connectivity index (χ3n) is 4.89. The van der Waals surface area contributed by atoms with Crippen molar-refractivity contribution in [2.45, 2.75) is 53.3 Å². The van der Waals surface area contributed by atoms with E-state index >= 15 is 0 Å². The highest BCUT2D eigenvalue weighted by Gasteiger charge is 2.28. The Morgan fingerprint density at radius 1 is 1.20 bits per heavy atom. The largest absolute Gasteiger partial charge is 0.497 e. The van der Waals surface area contributed by atoms with E-state index in [-0.39, 0.29) is 17.2 Å². The Balaban J connectivity index is 1.79. The van der Waals surface area contributed by atoms with E-state index in [2.05, 4.69) is 5.32 Å². The van der Waals surface area contributed by atoms with Crippen molar-refractivity contribution in [1.82, 2.24) is 4.90 Å². The molecule has 1 atom stereocenters. The second kappa shape index (κ2) is 8.78. The lowest BCUT2D eigenvalue weighted by atomic mass is 9.92. The summed E-state index contributed by atoms with van der Waals surface area (Å²) in [7, 11) is 1.63. The van der Waals surface area contributed by atoms with Crippen LogP contribution >= 0.6 is 0 Å². The van der Waals surface area contributed by atoms with Gasteiger partial charge in [0.2, 0.25) is 5.91 Å². The minimum absolute atomic E-state index is 0.0310. The second-order valence-corrected chi connectivity index (χ2v) is 8.91. The molecule has 1 unspecified atom stereocenters. The van der Waals surface area contributed by atoms with Crippen LogP contribution in [0.1, 0.15) is 45.2 Å². The summed E-state index contributed by atoms with van der Waals surface area (Å²) in [5.74, 6) is 1.34. The number of carbonyl (C=O) groups excluding carboxylic acids is 2. The fourth-order valence-electron chi connectivity index (χ4n) is 3.45. The van der Waals surface area contributed by atoms with Crippen molar-refractivity contribution in [2.75, 3.05) is 12.4 Å². The molecule has 0 spiro atoms. The molecule has 0 saturated carbocycles. The van der Waals surface area contributed by atoms with Gasteiger partial charge in [-0.2, -0.15) is 0 Å². The van der Waals surface area contributed by atoms with E-state index in [1.54, 1.807) is 18.9 Å². The van der Waals surface area contributed by atoms with Gasteiger partial charge in [-0.05, 0) is 48.2 Å². The molecule has 0 bridgehead atoms. The van der Waals surface area contributed by atoms with Crippen LogP contribution in [0.2, 0.25) is 0 Å². The van der Waals surface area contributed by atoms with Crippen molar-refractivity contribution in [3.8, 4) is 11.5 Å². The van der Waals surface area contributed by atoms with Gasteiger partial charge >= 0.3 is 0 Å². The number of nitrogens with one attached hydrogen (secondary N) is 1. The fraction of sp³-hybridized carbons (Fsp3) is 0.417. The molecule has 1 aliphatic rings. The van der Waals surface area contributed by atoms with Gasteiger partial charge in [-0.1, -0.05) is 32.9 Å². The van der Waals surface area contributed by atoms with E-state index in [0.717, 1.165) is 16.9 Å². The maximum atomic E-state index is 12.9. The number of nitrogens with zero attached hydrogens (tertiary/aromatic N) is 1. The molecule has 160 valence electrons. The number of hydrogen-bond acceptors (Lipinski definition) is 4. The summed E-state index contributed by atoms with van der Waals surface area (Å²) in [5.41, 5.74) is 2.50. The molecule has 2 aromatic carbocycles. The zero-order valence-electron chi connectivity index (χ0n) is 18.3. The fourth-order valence-corrected chi connectivity index (χ4v) is 3.45. The monoisotopic (exact) mass is 410 g/mol. The first-order valence-electron chi connectivity index (χ1n) is 10.2. The van der Waals surface area contributed by atoms with Gasteiger partial charge in [-0.15, -0.1) is 0 Å². The van der Waals surface area contributed by atoms with Gasteiger partial charge in [0.15, 0.2) is 6.10 Å². The summed E-state index contributed by atoms with van der Waals surface area (Å²) in [6.07, 6.45) is -0.148. The van der Waals surface area contributed by atoms with Gasteiger partial charge < -0.3 is 19.7 Å². The Morgan fingerprint density at radius 2 is 1.90 bits per heavy atom. The molecule has 2 amide bonds. The Labute approximate surface area is 178 Å². The number of rotatable bonds is 5. The van der Waals surface area contributed by atoms with Crippen LogP contribution in [0.3, 0.4) is 0 Å². The van der Waals surface area contributed by atoms with Crippen molar-refractivity contribution in [3.63, 3.8) is 0 Å². The van der Waals surface area contributed by atoms with Crippen molar-refractivity contribution < 1.29 is 19.1 Å². The SMILES string of the molecule is COc1ccc(CN2Cc3cc(NC(=O)CC(C)(C)C)ccc3OC(C)C2=O)cc1. The van der Waals surface area contributed by atoms with E-state index < -0.39 is 6.10 Å². The van der Waals surface area contributed by atoms with Gasteiger partial charge in [0.1, 0.15) is 11.5 Å². The van der Waals surface area contributed by atoms with Gasteiger partial charge in [0.25, 0.3) is 5.91 Å². The average Bonchev–Trinajstić information content (AvgIpc) is 2.78. The lowest BCUT2D eigenvalue weighted by Crippen LogP contribution is -2.37. The summed E-state index contributed by atoms with van der Waals surface area (Å²) < 4.78 is 11.1. The topological polar surface area (TPSA) is 67.9 Å². The zero-order valence-corrected chi connectivity index (χ0v) is 18.3. The van der Waals surface area contributed by atoms with Gasteiger partial charge in [0, 0.05) is 30.8 Å².